The molecule has 2 heterocycles. The van der Waals surface area contributed by atoms with E-state index in [4.69, 9.17) is 0 Å². The first-order chi connectivity index (χ1) is 8.65. The lowest BCUT2D eigenvalue weighted by atomic mass is 10.1. The van der Waals surface area contributed by atoms with Crippen LogP contribution in [0.2, 0.25) is 0 Å². The van der Waals surface area contributed by atoms with Crippen LogP contribution in [0, 0.1) is 13.8 Å². The van der Waals surface area contributed by atoms with E-state index in [2.05, 4.69) is 15.3 Å². The molecule has 0 saturated carbocycles. The van der Waals surface area contributed by atoms with E-state index in [9.17, 15) is 4.79 Å². The van der Waals surface area contributed by atoms with Crippen molar-refractivity contribution in [3.8, 4) is 0 Å². The normalized spacial score (nSPS) is 10.3. The first-order valence-electron chi connectivity index (χ1n) is 5.97. The van der Waals surface area contributed by atoms with E-state index in [0.29, 0.717) is 13.0 Å². The molecule has 2 aromatic heterocycles. The summed E-state index contributed by atoms with van der Waals surface area (Å²) in [5.41, 5.74) is 4.05. The van der Waals surface area contributed by atoms with Gasteiger partial charge < -0.3 is 10.3 Å². The van der Waals surface area contributed by atoms with E-state index >= 15 is 0 Å². The number of H-pyrrole nitrogens is 1. The van der Waals surface area contributed by atoms with Crippen molar-refractivity contribution in [2.24, 2.45) is 0 Å². The molecule has 0 fully saturated rings. The largest absolute Gasteiger partial charge is 0.362 e. The number of carbonyl (C=O) groups is 1. The Kier molecular flexibility index (Phi) is 3.77. The second kappa shape index (κ2) is 5.49. The third kappa shape index (κ3) is 3.20. The highest BCUT2D eigenvalue weighted by Crippen LogP contribution is 2.09. The monoisotopic (exact) mass is 243 g/mol. The molecule has 4 nitrogen and oxygen atoms in total. The number of aromatic amines is 1. The van der Waals surface area contributed by atoms with E-state index in [0.717, 1.165) is 22.6 Å². The van der Waals surface area contributed by atoms with Gasteiger partial charge in [-0.25, -0.2) is 0 Å². The topological polar surface area (TPSA) is 57.8 Å². The lowest BCUT2D eigenvalue weighted by molar-refractivity contribution is -0.120. The molecule has 4 heteroatoms. The molecule has 0 atom stereocenters. The van der Waals surface area contributed by atoms with Crippen LogP contribution >= 0.6 is 0 Å². The SMILES string of the molecule is Cc1cc(CC(=O)NCc2ccccn2)c(C)[nH]1. The molecule has 1 amide bonds. The van der Waals surface area contributed by atoms with E-state index in [1.54, 1.807) is 6.20 Å². The highest BCUT2D eigenvalue weighted by Gasteiger charge is 2.08. The molecule has 0 radical (unpaired) electrons. The van der Waals surface area contributed by atoms with Gasteiger partial charge in [0.2, 0.25) is 5.91 Å². The van der Waals surface area contributed by atoms with Crippen molar-refractivity contribution in [1.82, 2.24) is 15.3 Å². The second-order valence-corrected chi connectivity index (χ2v) is 4.38. The average molecular weight is 243 g/mol. The zero-order chi connectivity index (χ0) is 13.0. The van der Waals surface area contributed by atoms with E-state index in [1.807, 2.05) is 38.1 Å². The van der Waals surface area contributed by atoms with Crippen molar-refractivity contribution in [3.63, 3.8) is 0 Å². The number of nitrogens with zero attached hydrogens (tertiary/aromatic N) is 1. The fourth-order valence-corrected chi connectivity index (χ4v) is 1.89. The van der Waals surface area contributed by atoms with Crippen LogP contribution in [0.15, 0.2) is 30.5 Å². The number of hydrogen-bond donors (Lipinski definition) is 2. The van der Waals surface area contributed by atoms with Gasteiger partial charge in [-0.15, -0.1) is 0 Å². The number of nitrogens with one attached hydrogen (secondary N) is 2. The molecular formula is C14H17N3O. The van der Waals surface area contributed by atoms with Crippen LogP contribution in [0.5, 0.6) is 0 Å². The van der Waals surface area contributed by atoms with Gasteiger partial charge in [0, 0.05) is 17.6 Å². The Morgan fingerprint density at radius 1 is 1.39 bits per heavy atom. The van der Waals surface area contributed by atoms with E-state index in [1.165, 1.54) is 0 Å². The van der Waals surface area contributed by atoms with E-state index < -0.39 is 0 Å². The third-order valence-electron chi connectivity index (χ3n) is 2.80. The molecular weight excluding hydrogens is 226 g/mol. The zero-order valence-electron chi connectivity index (χ0n) is 10.7. The molecule has 0 spiro atoms. The molecule has 18 heavy (non-hydrogen) atoms. The predicted molar refractivity (Wildman–Crippen MR) is 70.1 cm³/mol. The fraction of sp³-hybridized carbons (Fsp3) is 0.286. The van der Waals surface area contributed by atoms with Gasteiger partial charge >= 0.3 is 0 Å². The number of carbonyl (C=O) groups excluding carboxylic acids is 1. The van der Waals surface area contributed by atoms with Gasteiger partial charge in [0.25, 0.3) is 0 Å². The molecule has 94 valence electrons. The van der Waals surface area contributed by atoms with Crippen LogP contribution in [0.3, 0.4) is 0 Å². The Balaban J connectivity index is 1.88. The number of pyridine rings is 1. The summed E-state index contributed by atoms with van der Waals surface area (Å²) in [5, 5.41) is 2.87. The summed E-state index contributed by atoms with van der Waals surface area (Å²) in [6, 6.07) is 7.67. The maximum atomic E-state index is 11.8. The Hall–Kier alpha value is -2.10. The summed E-state index contributed by atoms with van der Waals surface area (Å²) in [7, 11) is 0. The summed E-state index contributed by atoms with van der Waals surface area (Å²) < 4.78 is 0. The minimum atomic E-state index is 0.0164. The second-order valence-electron chi connectivity index (χ2n) is 4.38. The van der Waals surface area contributed by atoms with Gasteiger partial charge in [-0.1, -0.05) is 6.07 Å². The quantitative estimate of drug-likeness (QED) is 0.861. The predicted octanol–water partition coefficient (Wildman–Crippen LogP) is 1.89. The lowest BCUT2D eigenvalue weighted by Gasteiger charge is -2.04. The Morgan fingerprint density at radius 2 is 2.22 bits per heavy atom. The summed E-state index contributed by atoms with van der Waals surface area (Å²) >= 11 is 0. The highest BCUT2D eigenvalue weighted by atomic mass is 16.1. The van der Waals surface area contributed by atoms with Crippen molar-refractivity contribution >= 4 is 5.91 Å². The van der Waals surface area contributed by atoms with Crippen LogP contribution in [0.4, 0.5) is 0 Å². The fourth-order valence-electron chi connectivity index (χ4n) is 1.89. The summed E-state index contributed by atoms with van der Waals surface area (Å²) in [6.45, 7) is 4.44. The number of amides is 1. The molecule has 0 bridgehead atoms. The van der Waals surface area contributed by atoms with Gasteiger partial charge in [0.05, 0.1) is 18.7 Å². The molecule has 0 unspecified atom stereocenters. The van der Waals surface area contributed by atoms with Crippen LogP contribution in [-0.2, 0) is 17.8 Å². The number of hydrogen-bond acceptors (Lipinski definition) is 2. The molecule has 0 aliphatic heterocycles. The molecule has 0 aromatic carbocycles. The molecule has 0 aliphatic carbocycles. The molecule has 2 aromatic rings. The van der Waals surface area contributed by atoms with Crippen LogP contribution in [-0.4, -0.2) is 15.9 Å². The van der Waals surface area contributed by atoms with Crippen molar-refractivity contribution in [2.75, 3.05) is 0 Å². The smallest absolute Gasteiger partial charge is 0.224 e. The van der Waals surface area contributed by atoms with Gasteiger partial charge in [-0.2, -0.15) is 0 Å². The number of aryl methyl sites for hydroxylation is 2. The van der Waals surface area contributed by atoms with Gasteiger partial charge in [0.15, 0.2) is 0 Å². The van der Waals surface area contributed by atoms with Gasteiger partial charge in [-0.3, -0.25) is 9.78 Å². The van der Waals surface area contributed by atoms with Crippen molar-refractivity contribution < 1.29 is 4.79 Å². The minimum absolute atomic E-state index is 0.0164. The van der Waals surface area contributed by atoms with E-state index in [-0.39, 0.29) is 5.91 Å². The maximum Gasteiger partial charge on any atom is 0.224 e. The third-order valence-corrected chi connectivity index (χ3v) is 2.80. The average Bonchev–Trinajstić information content (AvgIpc) is 2.67. The standard InChI is InChI=1S/C14H17N3O/c1-10-7-12(11(2)17-10)8-14(18)16-9-13-5-3-4-6-15-13/h3-7,17H,8-9H2,1-2H3,(H,16,18). The van der Waals surface area contributed by atoms with Crippen molar-refractivity contribution in [1.29, 1.82) is 0 Å². The molecule has 2 rings (SSSR count). The number of rotatable bonds is 4. The van der Waals surface area contributed by atoms with Crippen molar-refractivity contribution in [3.05, 3.63) is 53.1 Å². The van der Waals surface area contributed by atoms with Crippen LogP contribution < -0.4 is 5.32 Å². The Morgan fingerprint density at radius 3 is 2.83 bits per heavy atom. The highest BCUT2D eigenvalue weighted by molar-refractivity contribution is 5.78. The first-order valence-corrected chi connectivity index (χ1v) is 5.97. The van der Waals surface area contributed by atoms with Gasteiger partial charge in [-0.05, 0) is 37.6 Å². The maximum absolute atomic E-state index is 11.8. The molecule has 0 aliphatic rings. The van der Waals surface area contributed by atoms with Crippen LogP contribution in [0.1, 0.15) is 22.6 Å². The van der Waals surface area contributed by atoms with Crippen LogP contribution in [0.25, 0.3) is 0 Å². The Bertz CT molecular complexity index is 531. The van der Waals surface area contributed by atoms with Gasteiger partial charge in [0.1, 0.15) is 0 Å². The first kappa shape index (κ1) is 12.4. The minimum Gasteiger partial charge on any atom is -0.362 e. The number of aromatic nitrogens is 2. The molecule has 0 saturated heterocycles. The molecule has 2 N–H and O–H groups in total. The lowest BCUT2D eigenvalue weighted by Crippen LogP contribution is -2.25. The summed E-state index contributed by atoms with van der Waals surface area (Å²) in [4.78, 5) is 19.1. The summed E-state index contributed by atoms with van der Waals surface area (Å²) in [5.74, 6) is 0.0164. The Labute approximate surface area is 106 Å². The van der Waals surface area contributed by atoms with Crippen molar-refractivity contribution in [2.45, 2.75) is 26.8 Å². The summed E-state index contributed by atoms with van der Waals surface area (Å²) in [6.07, 6.45) is 2.13. The zero-order valence-corrected chi connectivity index (χ0v) is 10.7.